The van der Waals surface area contributed by atoms with Crippen molar-refractivity contribution in [2.45, 2.75) is 25.9 Å². The third kappa shape index (κ3) is 3.60. The van der Waals surface area contributed by atoms with Crippen LogP contribution in [-0.4, -0.2) is 36.0 Å². The molecule has 0 bridgehead atoms. The average molecular weight is 289 g/mol. The summed E-state index contributed by atoms with van der Waals surface area (Å²) in [6, 6.07) is 4.71. The van der Waals surface area contributed by atoms with Crippen LogP contribution >= 0.6 is 0 Å². The van der Waals surface area contributed by atoms with Gasteiger partial charge in [-0.1, -0.05) is 11.8 Å². The van der Waals surface area contributed by atoms with Gasteiger partial charge in [0.05, 0.1) is 12.1 Å². The molecular weight excluding hydrogens is 269 g/mol. The molecule has 1 aliphatic rings. The Kier molecular flexibility index (Phi) is 4.61. The zero-order chi connectivity index (χ0) is 15.5. The second-order valence-electron chi connectivity index (χ2n) is 5.59. The molecule has 1 heterocycles. The zero-order valence-electron chi connectivity index (χ0n) is 12.4. The van der Waals surface area contributed by atoms with Crippen LogP contribution in [0.1, 0.15) is 25.0 Å². The molecule has 4 nitrogen and oxygen atoms in total. The Labute approximate surface area is 124 Å². The zero-order valence-corrected chi connectivity index (χ0v) is 12.4. The molecule has 0 aliphatic carbocycles. The third-order valence-electron chi connectivity index (χ3n) is 3.68. The molecule has 0 saturated carbocycles. The summed E-state index contributed by atoms with van der Waals surface area (Å²) in [5.74, 6) is 5.23. The van der Waals surface area contributed by atoms with Crippen LogP contribution in [0.4, 0.5) is 4.39 Å². The molecular formula is C16H20FN3O. The van der Waals surface area contributed by atoms with Gasteiger partial charge in [0.25, 0.3) is 0 Å². The van der Waals surface area contributed by atoms with Crippen molar-refractivity contribution in [3.63, 3.8) is 0 Å². The molecule has 0 atom stereocenters. The first-order valence-corrected chi connectivity index (χ1v) is 6.95. The Morgan fingerprint density at radius 2 is 2.19 bits per heavy atom. The van der Waals surface area contributed by atoms with Gasteiger partial charge in [0.1, 0.15) is 5.82 Å². The summed E-state index contributed by atoms with van der Waals surface area (Å²) in [4.78, 5) is 14.0. The molecule has 1 saturated heterocycles. The van der Waals surface area contributed by atoms with Crippen LogP contribution in [0, 0.1) is 17.7 Å². The minimum atomic E-state index is -0.604. The van der Waals surface area contributed by atoms with Gasteiger partial charge < -0.3 is 11.1 Å². The molecule has 5 heteroatoms. The molecule has 0 aromatic heterocycles. The maximum absolute atomic E-state index is 13.7. The minimum Gasteiger partial charge on any atom is -0.353 e. The fraction of sp³-hybridized carbons (Fsp3) is 0.438. The number of hydrogen-bond donors (Lipinski definition) is 2. The molecule has 1 aromatic carbocycles. The monoisotopic (exact) mass is 289 g/mol. The molecule has 1 amide bonds. The minimum absolute atomic E-state index is 0.00620. The molecule has 1 aromatic rings. The van der Waals surface area contributed by atoms with E-state index in [0.717, 1.165) is 12.1 Å². The van der Waals surface area contributed by atoms with E-state index in [1.165, 1.54) is 12.1 Å². The summed E-state index contributed by atoms with van der Waals surface area (Å²) in [5.41, 5.74) is 6.14. The molecule has 1 aliphatic heterocycles. The van der Waals surface area contributed by atoms with Gasteiger partial charge in [0.2, 0.25) is 5.91 Å². The second-order valence-corrected chi connectivity index (χ2v) is 5.59. The number of nitrogens with one attached hydrogen (secondary N) is 1. The van der Waals surface area contributed by atoms with E-state index in [-0.39, 0.29) is 18.3 Å². The number of nitrogens with two attached hydrogens (primary N) is 1. The van der Waals surface area contributed by atoms with Crippen molar-refractivity contribution in [2.24, 2.45) is 5.73 Å². The maximum atomic E-state index is 13.7. The number of hydrogen-bond acceptors (Lipinski definition) is 3. The van der Waals surface area contributed by atoms with E-state index < -0.39 is 5.54 Å². The van der Waals surface area contributed by atoms with Crippen molar-refractivity contribution in [3.8, 4) is 11.8 Å². The molecule has 0 spiro atoms. The highest BCUT2D eigenvalue weighted by molar-refractivity contribution is 5.86. The highest BCUT2D eigenvalue weighted by Gasteiger charge is 2.37. The Morgan fingerprint density at radius 1 is 1.43 bits per heavy atom. The van der Waals surface area contributed by atoms with E-state index >= 15 is 0 Å². The summed E-state index contributed by atoms with van der Waals surface area (Å²) in [5, 5.41) is 2.85. The Morgan fingerprint density at radius 3 is 2.90 bits per heavy atom. The molecule has 0 radical (unpaired) electrons. The fourth-order valence-electron chi connectivity index (χ4n) is 2.41. The first kappa shape index (κ1) is 15.5. The van der Waals surface area contributed by atoms with Crippen LogP contribution in [0.25, 0.3) is 0 Å². The normalized spacial score (nSPS) is 17.8. The van der Waals surface area contributed by atoms with Crippen LogP contribution in [0.2, 0.25) is 0 Å². The van der Waals surface area contributed by atoms with Crippen LogP contribution in [0.3, 0.4) is 0 Å². The molecule has 1 fully saturated rings. The van der Waals surface area contributed by atoms with Gasteiger partial charge >= 0.3 is 0 Å². The number of carbonyl (C=O) groups is 1. The first-order chi connectivity index (χ1) is 9.93. The van der Waals surface area contributed by atoms with Crippen molar-refractivity contribution in [2.75, 3.05) is 19.6 Å². The Hall–Kier alpha value is -1.90. The van der Waals surface area contributed by atoms with E-state index in [1.54, 1.807) is 0 Å². The van der Waals surface area contributed by atoms with Crippen molar-refractivity contribution in [3.05, 3.63) is 35.1 Å². The highest BCUT2D eigenvalue weighted by atomic mass is 19.1. The predicted octanol–water partition coefficient (Wildman–Crippen LogP) is 0.846. The lowest BCUT2D eigenvalue weighted by Crippen LogP contribution is -2.61. The van der Waals surface area contributed by atoms with Crippen molar-refractivity contribution in [1.29, 1.82) is 0 Å². The first-order valence-electron chi connectivity index (χ1n) is 6.95. The summed E-state index contributed by atoms with van der Waals surface area (Å²) in [6.45, 7) is 5.84. The Bertz CT molecular complexity index is 601. The highest BCUT2D eigenvalue weighted by Crippen LogP contribution is 2.21. The van der Waals surface area contributed by atoms with Crippen molar-refractivity contribution >= 4 is 5.91 Å². The molecule has 21 heavy (non-hydrogen) atoms. The standard InChI is InChI=1S/C16H20FN3O/c1-16(2)15(21)19-6-7-20(16)11-13-8-12(4-3-5-18)9-14(17)10-13/h8-10H,5-7,11,18H2,1-2H3,(H,19,21). The molecule has 3 N–H and O–H groups in total. The molecule has 0 unspecified atom stereocenters. The smallest absolute Gasteiger partial charge is 0.240 e. The van der Waals surface area contributed by atoms with E-state index in [4.69, 9.17) is 5.73 Å². The predicted molar refractivity (Wildman–Crippen MR) is 79.8 cm³/mol. The SMILES string of the molecule is CC1(C)C(=O)NCCN1Cc1cc(F)cc(C#CCN)c1. The van der Waals surface area contributed by atoms with Gasteiger partial charge in [0, 0.05) is 25.2 Å². The van der Waals surface area contributed by atoms with Crippen molar-refractivity contribution < 1.29 is 9.18 Å². The topological polar surface area (TPSA) is 58.4 Å². The van der Waals surface area contributed by atoms with Crippen LogP contribution in [0.5, 0.6) is 0 Å². The maximum Gasteiger partial charge on any atom is 0.240 e. The lowest BCUT2D eigenvalue weighted by molar-refractivity contribution is -0.135. The van der Waals surface area contributed by atoms with Crippen molar-refractivity contribution in [1.82, 2.24) is 10.2 Å². The van der Waals surface area contributed by atoms with Crippen LogP contribution in [-0.2, 0) is 11.3 Å². The number of piperazine rings is 1. The van der Waals surface area contributed by atoms with Crippen LogP contribution in [0.15, 0.2) is 18.2 Å². The lowest BCUT2D eigenvalue weighted by Gasteiger charge is -2.41. The van der Waals surface area contributed by atoms with Gasteiger partial charge in [-0.3, -0.25) is 9.69 Å². The quantitative estimate of drug-likeness (QED) is 0.794. The summed E-state index contributed by atoms with van der Waals surface area (Å²) >= 11 is 0. The molecule has 2 rings (SSSR count). The third-order valence-corrected chi connectivity index (χ3v) is 3.68. The fourth-order valence-corrected chi connectivity index (χ4v) is 2.41. The number of carbonyl (C=O) groups excluding carboxylic acids is 1. The lowest BCUT2D eigenvalue weighted by atomic mass is 9.97. The van der Waals surface area contributed by atoms with Gasteiger partial charge in [0.15, 0.2) is 0 Å². The van der Waals surface area contributed by atoms with Crippen LogP contribution < -0.4 is 11.1 Å². The summed E-state index contributed by atoms with van der Waals surface area (Å²) in [7, 11) is 0. The van der Waals surface area contributed by atoms with E-state index in [1.807, 2.05) is 24.8 Å². The van der Waals surface area contributed by atoms with E-state index in [2.05, 4.69) is 17.2 Å². The van der Waals surface area contributed by atoms with Gasteiger partial charge in [-0.25, -0.2) is 4.39 Å². The van der Waals surface area contributed by atoms with Gasteiger partial charge in [-0.15, -0.1) is 0 Å². The average Bonchev–Trinajstić information content (AvgIpc) is 2.41. The second kappa shape index (κ2) is 6.25. The number of benzene rings is 1. The number of halogens is 1. The number of rotatable bonds is 2. The van der Waals surface area contributed by atoms with E-state index in [9.17, 15) is 9.18 Å². The largest absolute Gasteiger partial charge is 0.353 e. The van der Waals surface area contributed by atoms with Gasteiger partial charge in [-0.05, 0) is 37.6 Å². The molecule has 112 valence electrons. The summed E-state index contributed by atoms with van der Waals surface area (Å²) < 4.78 is 13.7. The number of nitrogens with zero attached hydrogens (tertiary/aromatic N) is 1. The summed E-state index contributed by atoms with van der Waals surface area (Å²) in [6.07, 6.45) is 0. The van der Waals surface area contributed by atoms with Gasteiger partial charge in [-0.2, -0.15) is 0 Å². The Balaban J connectivity index is 2.22. The van der Waals surface area contributed by atoms with E-state index in [0.29, 0.717) is 18.7 Å². The number of amides is 1.